The van der Waals surface area contributed by atoms with E-state index in [0.29, 0.717) is 11.1 Å². The van der Waals surface area contributed by atoms with Crippen LogP contribution in [0.1, 0.15) is 5.56 Å². The summed E-state index contributed by atoms with van der Waals surface area (Å²) in [6.07, 6.45) is 2.86. The van der Waals surface area contributed by atoms with E-state index in [1.807, 2.05) is 0 Å². The molecule has 4 aromatic rings. The van der Waals surface area contributed by atoms with Gasteiger partial charge in [0.2, 0.25) is 0 Å². The minimum atomic E-state index is -3.92. The fraction of sp³-hybridized carbons (Fsp3) is 0.0625. The Morgan fingerprint density at radius 3 is 2.89 bits per heavy atom. The van der Waals surface area contributed by atoms with Gasteiger partial charge in [0.1, 0.15) is 16.2 Å². The highest BCUT2D eigenvalue weighted by Crippen LogP contribution is 2.23. The smallest absolute Gasteiger partial charge is 0.264 e. The summed E-state index contributed by atoms with van der Waals surface area (Å²) in [4.78, 5) is -0.0596. The van der Waals surface area contributed by atoms with E-state index < -0.39 is 15.8 Å². The largest absolute Gasteiger partial charge is 0.276 e. The molecule has 2 aromatic heterocycles. The van der Waals surface area contributed by atoms with Gasteiger partial charge < -0.3 is 0 Å². The number of benzene rings is 2. The normalized spacial score (nSPS) is 11.8. The minimum Gasteiger partial charge on any atom is -0.276 e. The minimum absolute atomic E-state index is 0.0596. The van der Waals surface area contributed by atoms with Crippen molar-refractivity contribution in [1.29, 1.82) is 0 Å². The molecule has 0 fully saturated rings. The highest BCUT2D eigenvalue weighted by molar-refractivity contribution is 7.93. The first-order valence-corrected chi connectivity index (χ1v) is 9.49. The average Bonchev–Trinajstić information content (AvgIpc) is 3.25. The number of fused-ring (bicyclic) bond motifs is 1. The first-order valence-electron chi connectivity index (χ1n) is 7.63. The molecular weight excluding hydrogens is 397 g/mol. The third-order valence-corrected chi connectivity index (χ3v) is 5.54. The van der Waals surface area contributed by atoms with Gasteiger partial charge in [0, 0.05) is 11.2 Å². The van der Waals surface area contributed by atoms with Crippen molar-refractivity contribution in [3.05, 3.63) is 65.2 Å². The maximum atomic E-state index is 13.1. The maximum Gasteiger partial charge on any atom is 0.264 e. The highest BCUT2D eigenvalue weighted by atomic mass is 35.5. The molecule has 27 heavy (non-hydrogen) atoms. The Morgan fingerprint density at radius 2 is 2.07 bits per heavy atom. The summed E-state index contributed by atoms with van der Waals surface area (Å²) in [5.41, 5.74) is 1.37. The Hall–Kier alpha value is -2.98. The van der Waals surface area contributed by atoms with Gasteiger partial charge in [0.05, 0.1) is 18.4 Å². The van der Waals surface area contributed by atoms with E-state index in [9.17, 15) is 12.8 Å². The molecule has 0 aliphatic rings. The van der Waals surface area contributed by atoms with E-state index in [2.05, 4.69) is 24.8 Å². The molecule has 0 unspecified atom stereocenters. The zero-order valence-electron chi connectivity index (χ0n) is 13.5. The van der Waals surface area contributed by atoms with Gasteiger partial charge in [-0.3, -0.25) is 9.40 Å². The maximum absolute atomic E-state index is 13.1. The van der Waals surface area contributed by atoms with Gasteiger partial charge >= 0.3 is 0 Å². The second-order valence-corrected chi connectivity index (χ2v) is 7.71. The van der Waals surface area contributed by atoms with Crippen molar-refractivity contribution in [3.63, 3.8) is 0 Å². The molecule has 0 spiro atoms. The second kappa shape index (κ2) is 6.63. The Balaban J connectivity index is 1.57. The van der Waals surface area contributed by atoms with E-state index in [1.165, 1.54) is 35.3 Å². The standard InChI is InChI=1S/C16H11ClFN5O3S/c17-13-6-11(18)5-4-10(13)8-23-9-12(7-19-23)22-27(24,25)15-3-1-2-14-16(15)21-26-20-14/h1-7,9,22H,8H2. The first kappa shape index (κ1) is 17.4. The van der Waals surface area contributed by atoms with E-state index in [1.54, 1.807) is 18.2 Å². The van der Waals surface area contributed by atoms with Gasteiger partial charge in [0.15, 0.2) is 5.52 Å². The molecule has 0 radical (unpaired) electrons. The van der Waals surface area contributed by atoms with Crippen LogP contribution in [0.15, 0.2) is 58.3 Å². The lowest BCUT2D eigenvalue weighted by atomic mass is 10.2. The fourth-order valence-electron chi connectivity index (χ4n) is 2.54. The molecule has 1 N–H and O–H groups in total. The quantitative estimate of drug-likeness (QED) is 0.545. The van der Waals surface area contributed by atoms with E-state index in [0.717, 1.165) is 0 Å². The topological polar surface area (TPSA) is 103 Å². The van der Waals surface area contributed by atoms with Crippen LogP contribution in [0.25, 0.3) is 11.0 Å². The van der Waals surface area contributed by atoms with Crippen LogP contribution in [-0.2, 0) is 16.6 Å². The number of rotatable bonds is 5. The average molecular weight is 408 g/mol. The molecule has 0 aliphatic heterocycles. The summed E-state index contributed by atoms with van der Waals surface area (Å²) in [7, 11) is -3.92. The van der Waals surface area contributed by atoms with Crippen LogP contribution >= 0.6 is 11.6 Å². The van der Waals surface area contributed by atoms with E-state index >= 15 is 0 Å². The number of nitrogens with zero attached hydrogens (tertiary/aromatic N) is 4. The first-order chi connectivity index (χ1) is 12.9. The van der Waals surface area contributed by atoms with Crippen molar-refractivity contribution < 1.29 is 17.4 Å². The van der Waals surface area contributed by atoms with E-state index in [4.69, 9.17) is 11.6 Å². The van der Waals surface area contributed by atoms with Gasteiger partial charge in [-0.2, -0.15) is 5.10 Å². The third-order valence-electron chi connectivity index (χ3n) is 3.77. The van der Waals surface area contributed by atoms with Crippen molar-refractivity contribution in [1.82, 2.24) is 20.1 Å². The molecule has 0 saturated heterocycles. The summed E-state index contributed by atoms with van der Waals surface area (Å²) in [5.74, 6) is -0.436. The number of hydrogen-bond acceptors (Lipinski definition) is 6. The van der Waals surface area contributed by atoms with Gasteiger partial charge in [-0.15, -0.1) is 0 Å². The van der Waals surface area contributed by atoms with Gasteiger partial charge in [-0.05, 0) is 40.1 Å². The van der Waals surface area contributed by atoms with Crippen molar-refractivity contribution in [3.8, 4) is 0 Å². The predicted octanol–water partition coefficient (Wildman–Crippen LogP) is 3.06. The summed E-state index contributed by atoms with van der Waals surface area (Å²) in [6, 6.07) is 8.58. The molecule has 11 heteroatoms. The Morgan fingerprint density at radius 1 is 1.22 bits per heavy atom. The number of sulfonamides is 1. The number of halogens is 2. The molecule has 8 nitrogen and oxygen atoms in total. The summed E-state index contributed by atoms with van der Waals surface area (Å²) < 4.78 is 46.9. The molecule has 138 valence electrons. The SMILES string of the molecule is O=S(=O)(Nc1cnn(Cc2ccc(F)cc2Cl)c1)c1cccc2nonc12. The van der Waals surface area contributed by atoms with Crippen molar-refractivity contribution in [2.24, 2.45) is 0 Å². The molecule has 0 atom stereocenters. The van der Waals surface area contributed by atoms with Crippen LogP contribution in [0, 0.1) is 5.82 Å². The Bertz CT molecular complexity index is 1240. The van der Waals surface area contributed by atoms with Gasteiger partial charge in [0.25, 0.3) is 10.0 Å². The van der Waals surface area contributed by atoms with Crippen LogP contribution in [0.2, 0.25) is 5.02 Å². The molecule has 0 bridgehead atoms. The van der Waals surface area contributed by atoms with Crippen LogP contribution < -0.4 is 4.72 Å². The Labute approximate surface area is 157 Å². The van der Waals surface area contributed by atoms with Crippen LogP contribution in [0.5, 0.6) is 0 Å². The molecule has 2 heterocycles. The molecule has 4 rings (SSSR count). The highest BCUT2D eigenvalue weighted by Gasteiger charge is 2.21. The molecule has 2 aromatic carbocycles. The van der Waals surface area contributed by atoms with E-state index in [-0.39, 0.29) is 27.7 Å². The second-order valence-electron chi connectivity index (χ2n) is 5.66. The fourth-order valence-corrected chi connectivity index (χ4v) is 3.94. The van der Waals surface area contributed by atoms with Crippen LogP contribution in [0.3, 0.4) is 0 Å². The van der Waals surface area contributed by atoms with Gasteiger partial charge in [-0.1, -0.05) is 23.7 Å². The summed E-state index contributed by atoms with van der Waals surface area (Å²) >= 11 is 6.00. The third kappa shape index (κ3) is 3.49. The monoisotopic (exact) mass is 407 g/mol. The van der Waals surface area contributed by atoms with Crippen molar-refractivity contribution in [2.45, 2.75) is 11.4 Å². The lowest BCUT2D eigenvalue weighted by Crippen LogP contribution is -2.13. The number of aromatic nitrogens is 4. The molecule has 0 amide bonds. The zero-order valence-corrected chi connectivity index (χ0v) is 15.1. The lowest BCUT2D eigenvalue weighted by Gasteiger charge is -2.06. The number of nitrogens with one attached hydrogen (secondary N) is 1. The summed E-state index contributed by atoms with van der Waals surface area (Å²) in [6.45, 7) is 0.254. The molecular formula is C16H11ClFN5O3S. The lowest BCUT2D eigenvalue weighted by molar-refractivity contribution is 0.315. The van der Waals surface area contributed by atoms with Crippen LogP contribution in [0.4, 0.5) is 10.1 Å². The summed E-state index contributed by atoms with van der Waals surface area (Å²) in [5, 5.41) is 11.6. The van der Waals surface area contributed by atoms with Gasteiger partial charge in [-0.25, -0.2) is 17.4 Å². The molecule has 0 aliphatic carbocycles. The predicted molar refractivity (Wildman–Crippen MR) is 95.4 cm³/mol. The zero-order chi connectivity index (χ0) is 19.0. The number of hydrogen-bond donors (Lipinski definition) is 1. The Kier molecular flexibility index (Phi) is 4.28. The number of anilines is 1. The van der Waals surface area contributed by atoms with Crippen molar-refractivity contribution in [2.75, 3.05) is 4.72 Å². The van der Waals surface area contributed by atoms with Crippen molar-refractivity contribution >= 4 is 38.3 Å². The molecule has 0 saturated carbocycles. The van der Waals surface area contributed by atoms with Crippen LogP contribution in [-0.4, -0.2) is 28.5 Å².